The third kappa shape index (κ3) is 3.22. The van der Waals surface area contributed by atoms with Crippen LogP contribution >= 0.6 is 0 Å². The SMILES string of the molecule is CC(C)(C)c1nccc(NC2CCCC2C(N)=O)n1. The zero-order valence-electron chi connectivity index (χ0n) is 11.8. The highest BCUT2D eigenvalue weighted by atomic mass is 16.1. The second-order valence-corrected chi connectivity index (χ2v) is 6.21. The number of rotatable bonds is 3. The van der Waals surface area contributed by atoms with Crippen molar-refractivity contribution in [2.24, 2.45) is 11.7 Å². The van der Waals surface area contributed by atoms with Crippen molar-refractivity contribution in [3.63, 3.8) is 0 Å². The van der Waals surface area contributed by atoms with Gasteiger partial charge in [0.15, 0.2) is 0 Å². The van der Waals surface area contributed by atoms with E-state index in [9.17, 15) is 4.79 Å². The first kappa shape index (κ1) is 13.8. The molecule has 1 aliphatic carbocycles. The summed E-state index contributed by atoms with van der Waals surface area (Å²) in [7, 11) is 0. The Hall–Kier alpha value is -1.65. The van der Waals surface area contributed by atoms with Gasteiger partial charge in [-0.25, -0.2) is 9.97 Å². The van der Waals surface area contributed by atoms with E-state index in [1.807, 2.05) is 6.07 Å². The normalized spacial score (nSPS) is 23.3. The minimum Gasteiger partial charge on any atom is -0.369 e. The Morgan fingerprint density at radius 1 is 1.42 bits per heavy atom. The molecule has 0 bridgehead atoms. The van der Waals surface area contributed by atoms with Gasteiger partial charge in [-0.2, -0.15) is 0 Å². The zero-order chi connectivity index (χ0) is 14.0. The highest BCUT2D eigenvalue weighted by molar-refractivity contribution is 5.78. The fourth-order valence-electron chi connectivity index (χ4n) is 2.46. The van der Waals surface area contributed by atoms with Crippen molar-refractivity contribution < 1.29 is 4.79 Å². The van der Waals surface area contributed by atoms with Crippen LogP contribution in [0.1, 0.15) is 45.9 Å². The van der Waals surface area contributed by atoms with E-state index in [-0.39, 0.29) is 23.3 Å². The van der Waals surface area contributed by atoms with Crippen LogP contribution in [-0.2, 0) is 10.2 Å². The molecule has 2 unspecified atom stereocenters. The minimum atomic E-state index is -0.222. The number of primary amides is 1. The molecule has 3 N–H and O–H groups in total. The summed E-state index contributed by atoms with van der Waals surface area (Å²) in [6.45, 7) is 6.23. The monoisotopic (exact) mass is 262 g/mol. The van der Waals surface area contributed by atoms with E-state index in [1.54, 1.807) is 6.20 Å². The van der Waals surface area contributed by atoms with Crippen LogP contribution in [0.25, 0.3) is 0 Å². The second-order valence-electron chi connectivity index (χ2n) is 6.21. The molecule has 1 aromatic heterocycles. The summed E-state index contributed by atoms with van der Waals surface area (Å²) in [5.74, 6) is 1.26. The van der Waals surface area contributed by atoms with Crippen LogP contribution in [0.15, 0.2) is 12.3 Å². The second kappa shape index (κ2) is 5.15. The van der Waals surface area contributed by atoms with E-state index < -0.39 is 0 Å². The van der Waals surface area contributed by atoms with Gasteiger partial charge in [-0.1, -0.05) is 27.2 Å². The molecule has 104 valence electrons. The molecule has 2 rings (SSSR count). The average molecular weight is 262 g/mol. The molecule has 1 saturated carbocycles. The standard InChI is InChI=1S/C14H22N4O/c1-14(2,3)13-16-8-7-11(18-13)17-10-6-4-5-9(10)12(15)19/h7-10H,4-6H2,1-3H3,(H2,15,19)(H,16,17,18). The molecule has 0 radical (unpaired) electrons. The van der Waals surface area contributed by atoms with Crippen molar-refractivity contribution in [2.75, 3.05) is 5.32 Å². The molecule has 19 heavy (non-hydrogen) atoms. The number of carbonyl (C=O) groups excluding carboxylic acids is 1. The summed E-state index contributed by atoms with van der Waals surface area (Å²) < 4.78 is 0. The van der Waals surface area contributed by atoms with Gasteiger partial charge < -0.3 is 11.1 Å². The maximum absolute atomic E-state index is 11.4. The largest absolute Gasteiger partial charge is 0.369 e. The fraction of sp³-hybridized carbons (Fsp3) is 0.643. The van der Waals surface area contributed by atoms with Gasteiger partial charge in [0.2, 0.25) is 5.91 Å². The Morgan fingerprint density at radius 3 is 2.79 bits per heavy atom. The highest BCUT2D eigenvalue weighted by Gasteiger charge is 2.31. The van der Waals surface area contributed by atoms with Crippen molar-refractivity contribution >= 4 is 11.7 Å². The van der Waals surface area contributed by atoms with E-state index >= 15 is 0 Å². The van der Waals surface area contributed by atoms with E-state index in [4.69, 9.17) is 5.73 Å². The number of nitrogens with one attached hydrogen (secondary N) is 1. The number of anilines is 1. The van der Waals surface area contributed by atoms with Gasteiger partial charge in [0.25, 0.3) is 0 Å². The topological polar surface area (TPSA) is 80.9 Å². The lowest BCUT2D eigenvalue weighted by Gasteiger charge is -2.21. The van der Waals surface area contributed by atoms with Crippen LogP contribution in [0.4, 0.5) is 5.82 Å². The number of carbonyl (C=O) groups is 1. The number of hydrogen-bond acceptors (Lipinski definition) is 4. The lowest BCUT2D eigenvalue weighted by molar-refractivity contribution is -0.121. The highest BCUT2D eigenvalue weighted by Crippen LogP contribution is 2.28. The summed E-state index contributed by atoms with van der Waals surface area (Å²) in [4.78, 5) is 20.2. The van der Waals surface area contributed by atoms with Gasteiger partial charge in [-0.3, -0.25) is 4.79 Å². The molecule has 0 aromatic carbocycles. The minimum absolute atomic E-state index is 0.0869. The number of amides is 1. The first-order chi connectivity index (χ1) is 8.88. The van der Waals surface area contributed by atoms with Gasteiger partial charge in [-0.15, -0.1) is 0 Å². The predicted octanol–water partition coefficient (Wildman–Crippen LogP) is 1.84. The predicted molar refractivity (Wildman–Crippen MR) is 74.7 cm³/mol. The van der Waals surface area contributed by atoms with Crippen LogP contribution in [0.2, 0.25) is 0 Å². The molecule has 0 spiro atoms. The molecule has 2 atom stereocenters. The number of nitrogens with two attached hydrogens (primary N) is 1. The van der Waals surface area contributed by atoms with Gasteiger partial charge in [0.05, 0.1) is 5.92 Å². The van der Waals surface area contributed by atoms with Crippen molar-refractivity contribution in [3.05, 3.63) is 18.1 Å². The molecular weight excluding hydrogens is 240 g/mol. The maximum atomic E-state index is 11.4. The molecule has 5 heteroatoms. The van der Waals surface area contributed by atoms with Crippen molar-refractivity contribution in [3.8, 4) is 0 Å². The van der Waals surface area contributed by atoms with Crippen molar-refractivity contribution in [1.29, 1.82) is 0 Å². The summed E-state index contributed by atoms with van der Waals surface area (Å²) in [6, 6.07) is 1.94. The fourth-order valence-corrected chi connectivity index (χ4v) is 2.46. The lowest BCUT2D eigenvalue weighted by Crippen LogP contribution is -2.34. The van der Waals surface area contributed by atoms with Gasteiger partial charge >= 0.3 is 0 Å². The first-order valence-electron chi connectivity index (χ1n) is 6.77. The van der Waals surface area contributed by atoms with E-state index in [0.29, 0.717) is 0 Å². The zero-order valence-corrected chi connectivity index (χ0v) is 11.8. The Bertz CT molecular complexity index is 467. The molecule has 1 aromatic rings. The number of hydrogen-bond donors (Lipinski definition) is 2. The van der Waals surface area contributed by atoms with E-state index in [2.05, 4.69) is 36.1 Å². The first-order valence-corrected chi connectivity index (χ1v) is 6.77. The molecule has 1 heterocycles. The Kier molecular flexibility index (Phi) is 3.73. The summed E-state index contributed by atoms with van der Waals surface area (Å²) >= 11 is 0. The van der Waals surface area contributed by atoms with Gasteiger partial charge in [-0.05, 0) is 18.9 Å². The number of nitrogens with zero attached hydrogens (tertiary/aromatic N) is 2. The van der Waals surface area contributed by atoms with Crippen LogP contribution in [0.5, 0.6) is 0 Å². The quantitative estimate of drug-likeness (QED) is 0.871. The van der Waals surface area contributed by atoms with Crippen LogP contribution < -0.4 is 11.1 Å². The number of aromatic nitrogens is 2. The van der Waals surface area contributed by atoms with Crippen molar-refractivity contribution in [2.45, 2.75) is 51.5 Å². The third-order valence-corrected chi connectivity index (χ3v) is 3.54. The summed E-state index contributed by atoms with van der Waals surface area (Å²) in [5, 5.41) is 3.33. The molecule has 1 aliphatic rings. The molecule has 0 aliphatic heterocycles. The summed E-state index contributed by atoms with van der Waals surface area (Å²) in [5.41, 5.74) is 5.34. The third-order valence-electron chi connectivity index (χ3n) is 3.54. The van der Waals surface area contributed by atoms with Gasteiger partial charge in [0.1, 0.15) is 11.6 Å². The van der Waals surface area contributed by atoms with Crippen LogP contribution in [0.3, 0.4) is 0 Å². The molecular formula is C14H22N4O. The Balaban J connectivity index is 2.13. The average Bonchev–Trinajstić information content (AvgIpc) is 2.76. The van der Waals surface area contributed by atoms with Crippen LogP contribution in [-0.4, -0.2) is 21.9 Å². The maximum Gasteiger partial charge on any atom is 0.222 e. The molecule has 1 amide bonds. The van der Waals surface area contributed by atoms with E-state index in [0.717, 1.165) is 30.9 Å². The Morgan fingerprint density at radius 2 is 2.16 bits per heavy atom. The van der Waals surface area contributed by atoms with Crippen LogP contribution in [0, 0.1) is 5.92 Å². The van der Waals surface area contributed by atoms with E-state index in [1.165, 1.54) is 0 Å². The van der Waals surface area contributed by atoms with Crippen molar-refractivity contribution in [1.82, 2.24) is 9.97 Å². The lowest BCUT2D eigenvalue weighted by atomic mass is 9.96. The Labute approximate surface area is 114 Å². The molecule has 5 nitrogen and oxygen atoms in total. The smallest absolute Gasteiger partial charge is 0.222 e. The molecule has 1 fully saturated rings. The van der Waals surface area contributed by atoms with Gasteiger partial charge in [0, 0.05) is 17.7 Å². The molecule has 0 saturated heterocycles. The summed E-state index contributed by atoms with van der Waals surface area (Å²) in [6.07, 6.45) is 4.61.